The SMILES string of the molecule is CC(C)(C)c1cc(Pc2cc(C(C)(C)C)cc(C(C)(C)C)c2)cc(C(C)(C)C)c1.Cl. The highest BCUT2D eigenvalue weighted by molar-refractivity contribution is 7.55. The van der Waals surface area contributed by atoms with Crippen molar-refractivity contribution in [2.75, 3.05) is 0 Å². The Kier molecular flexibility index (Phi) is 8.12. The van der Waals surface area contributed by atoms with Crippen LogP contribution in [-0.4, -0.2) is 0 Å². The third kappa shape index (κ3) is 7.10. The third-order valence-corrected chi connectivity index (χ3v) is 6.77. The molecule has 0 aromatic heterocycles. The Morgan fingerprint density at radius 3 is 0.767 bits per heavy atom. The van der Waals surface area contributed by atoms with E-state index in [0.29, 0.717) is 8.58 Å². The van der Waals surface area contributed by atoms with Crippen molar-refractivity contribution in [3.63, 3.8) is 0 Å². The van der Waals surface area contributed by atoms with Crippen molar-refractivity contribution in [2.45, 2.75) is 105 Å². The van der Waals surface area contributed by atoms with Gasteiger partial charge in [0.15, 0.2) is 0 Å². The van der Waals surface area contributed by atoms with Crippen molar-refractivity contribution < 1.29 is 0 Å². The molecule has 0 spiro atoms. The van der Waals surface area contributed by atoms with Crippen molar-refractivity contribution in [1.29, 1.82) is 0 Å². The van der Waals surface area contributed by atoms with Crippen molar-refractivity contribution in [3.8, 4) is 0 Å². The van der Waals surface area contributed by atoms with Crippen molar-refractivity contribution in [2.24, 2.45) is 0 Å². The smallest absolute Gasteiger partial charge is 0.0132 e. The van der Waals surface area contributed by atoms with Crippen molar-refractivity contribution in [1.82, 2.24) is 0 Å². The first-order chi connectivity index (χ1) is 12.9. The van der Waals surface area contributed by atoms with Gasteiger partial charge in [-0.25, -0.2) is 0 Å². The predicted octanol–water partition coefficient (Wildman–Crippen LogP) is 7.93. The summed E-state index contributed by atoms with van der Waals surface area (Å²) >= 11 is 0. The van der Waals surface area contributed by atoms with Crippen LogP contribution in [-0.2, 0) is 21.7 Å². The maximum atomic E-state index is 2.44. The van der Waals surface area contributed by atoms with E-state index in [1.807, 2.05) is 0 Å². The lowest BCUT2D eigenvalue weighted by atomic mass is 9.81. The highest BCUT2D eigenvalue weighted by atomic mass is 35.5. The molecule has 0 fully saturated rings. The van der Waals surface area contributed by atoms with Gasteiger partial charge < -0.3 is 0 Å². The quantitative estimate of drug-likeness (QED) is 0.411. The largest absolute Gasteiger partial charge is 0.147 e. The van der Waals surface area contributed by atoms with Crippen molar-refractivity contribution >= 4 is 31.6 Å². The van der Waals surface area contributed by atoms with Crippen LogP contribution in [0.25, 0.3) is 0 Å². The van der Waals surface area contributed by atoms with Gasteiger partial charge in [-0.1, -0.05) is 128 Å². The summed E-state index contributed by atoms with van der Waals surface area (Å²) < 4.78 is 0. The fourth-order valence-electron chi connectivity index (χ4n) is 3.30. The molecule has 0 nitrogen and oxygen atoms in total. The van der Waals surface area contributed by atoms with Gasteiger partial charge in [0.05, 0.1) is 0 Å². The van der Waals surface area contributed by atoms with E-state index in [9.17, 15) is 0 Å². The number of hydrogen-bond donors (Lipinski definition) is 0. The van der Waals surface area contributed by atoms with Gasteiger partial charge in [-0.05, 0) is 54.5 Å². The van der Waals surface area contributed by atoms with E-state index in [4.69, 9.17) is 0 Å². The van der Waals surface area contributed by atoms with E-state index in [1.54, 1.807) is 0 Å². The van der Waals surface area contributed by atoms with Crippen LogP contribution < -0.4 is 10.6 Å². The average molecular weight is 447 g/mol. The van der Waals surface area contributed by atoms with E-state index in [-0.39, 0.29) is 34.1 Å². The zero-order valence-electron chi connectivity index (χ0n) is 21.4. The molecule has 30 heavy (non-hydrogen) atoms. The lowest BCUT2D eigenvalue weighted by Crippen LogP contribution is -2.22. The molecule has 168 valence electrons. The number of benzene rings is 2. The summed E-state index contributed by atoms with van der Waals surface area (Å²) in [6.07, 6.45) is 0. The monoisotopic (exact) mass is 446 g/mol. The summed E-state index contributed by atoms with van der Waals surface area (Å²) in [7, 11) is 0.679. The first kappa shape index (κ1) is 27.2. The molecule has 0 aliphatic heterocycles. The van der Waals surface area contributed by atoms with Gasteiger partial charge in [0.25, 0.3) is 0 Å². The molecule has 0 heterocycles. The summed E-state index contributed by atoms with van der Waals surface area (Å²) in [4.78, 5) is 0. The predicted molar refractivity (Wildman–Crippen MR) is 143 cm³/mol. The molecule has 0 N–H and O–H groups in total. The van der Waals surface area contributed by atoms with E-state index in [1.165, 1.54) is 32.9 Å². The van der Waals surface area contributed by atoms with Crippen molar-refractivity contribution in [3.05, 3.63) is 58.7 Å². The lowest BCUT2D eigenvalue weighted by molar-refractivity contribution is 0.569. The van der Waals surface area contributed by atoms with Crippen LogP contribution in [0.1, 0.15) is 105 Å². The molecule has 0 saturated carbocycles. The Morgan fingerprint density at radius 1 is 0.400 bits per heavy atom. The second kappa shape index (κ2) is 8.96. The Bertz CT molecular complexity index is 727. The van der Waals surface area contributed by atoms with Crippen LogP contribution in [0.5, 0.6) is 0 Å². The van der Waals surface area contributed by atoms with Gasteiger partial charge in [-0.3, -0.25) is 0 Å². The minimum Gasteiger partial charge on any atom is -0.147 e. The topological polar surface area (TPSA) is 0 Å². The van der Waals surface area contributed by atoms with Crippen LogP contribution >= 0.6 is 21.0 Å². The Labute approximate surface area is 194 Å². The number of rotatable bonds is 2. The molecule has 2 aromatic carbocycles. The summed E-state index contributed by atoms with van der Waals surface area (Å²) in [5.74, 6) is 0. The molecule has 0 amide bonds. The standard InChI is InChI=1S/C28H43P.ClH/c1-25(2,3)19-13-20(26(4,5)6)16-23(15-19)29-24-17-21(27(7,8)9)14-22(18-24)28(10,11)12;/h13-18,29H,1-12H3;1H. The van der Waals surface area contributed by atoms with E-state index in [0.717, 1.165) is 0 Å². The van der Waals surface area contributed by atoms with Gasteiger partial charge in [0.1, 0.15) is 0 Å². The molecule has 0 atom stereocenters. The Morgan fingerprint density at radius 2 is 0.600 bits per heavy atom. The molecule has 0 saturated heterocycles. The second-order valence-corrected chi connectivity index (χ2v) is 14.1. The Balaban J connectivity index is 0.00000450. The minimum absolute atomic E-state index is 0. The Hall–Kier alpha value is -0.840. The maximum Gasteiger partial charge on any atom is -0.0132 e. The number of hydrogen-bond acceptors (Lipinski definition) is 0. The fraction of sp³-hybridized carbons (Fsp3) is 0.571. The molecule has 0 radical (unpaired) electrons. The van der Waals surface area contributed by atoms with E-state index in [2.05, 4.69) is 119 Å². The first-order valence-electron chi connectivity index (χ1n) is 11.0. The first-order valence-corrected chi connectivity index (χ1v) is 12.0. The van der Waals surface area contributed by atoms with Crippen LogP contribution in [0, 0.1) is 0 Å². The van der Waals surface area contributed by atoms with Crippen LogP contribution in [0.15, 0.2) is 36.4 Å². The molecule has 0 bridgehead atoms. The van der Waals surface area contributed by atoms with Gasteiger partial charge in [0.2, 0.25) is 0 Å². The molecular formula is C28H44ClP. The summed E-state index contributed by atoms with van der Waals surface area (Å²) in [6, 6.07) is 14.6. The summed E-state index contributed by atoms with van der Waals surface area (Å²) in [5.41, 5.74) is 6.39. The van der Waals surface area contributed by atoms with Gasteiger partial charge in [0, 0.05) is 0 Å². The molecule has 0 unspecified atom stereocenters. The van der Waals surface area contributed by atoms with Crippen LogP contribution in [0.2, 0.25) is 0 Å². The zero-order chi connectivity index (χ0) is 22.4. The highest BCUT2D eigenvalue weighted by Crippen LogP contribution is 2.32. The summed E-state index contributed by atoms with van der Waals surface area (Å²) in [6.45, 7) is 27.8. The van der Waals surface area contributed by atoms with Crippen LogP contribution in [0.3, 0.4) is 0 Å². The lowest BCUT2D eigenvalue weighted by Gasteiger charge is -2.27. The molecular weight excluding hydrogens is 403 g/mol. The normalized spacial score (nSPS) is 13.2. The average Bonchev–Trinajstić information content (AvgIpc) is 2.51. The van der Waals surface area contributed by atoms with E-state index < -0.39 is 0 Å². The molecule has 2 aromatic rings. The highest BCUT2D eigenvalue weighted by Gasteiger charge is 2.23. The molecule has 0 aliphatic rings. The zero-order valence-corrected chi connectivity index (χ0v) is 23.2. The summed E-state index contributed by atoms with van der Waals surface area (Å²) in [5, 5.41) is 2.90. The van der Waals surface area contributed by atoms with Crippen LogP contribution in [0.4, 0.5) is 0 Å². The maximum absolute atomic E-state index is 2.44. The fourth-order valence-corrected chi connectivity index (χ4v) is 4.54. The van der Waals surface area contributed by atoms with E-state index >= 15 is 0 Å². The van der Waals surface area contributed by atoms with Gasteiger partial charge in [-0.2, -0.15) is 0 Å². The molecule has 2 rings (SSSR count). The number of halogens is 1. The third-order valence-electron chi connectivity index (χ3n) is 5.62. The minimum atomic E-state index is 0. The van der Waals surface area contributed by atoms with Gasteiger partial charge in [-0.15, -0.1) is 12.4 Å². The second-order valence-electron chi connectivity index (χ2n) is 12.7. The molecule has 0 aliphatic carbocycles. The molecule has 2 heteroatoms. The van der Waals surface area contributed by atoms with Gasteiger partial charge >= 0.3 is 0 Å².